The second-order valence-electron chi connectivity index (χ2n) is 3.85. The zero-order chi connectivity index (χ0) is 11.8. The first-order valence-electron chi connectivity index (χ1n) is 5.38. The van der Waals surface area contributed by atoms with E-state index in [4.69, 9.17) is 10.2 Å². The van der Waals surface area contributed by atoms with Gasteiger partial charge in [0.05, 0.1) is 11.9 Å². The van der Waals surface area contributed by atoms with E-state index >= 15 is 0 Å². The molecule has 0 amide bonds. The molecule has 0 bridgehead atoms. The Morgan fingerprint density at radius 1 is 1.29 bits per heavy atom. The summed E-state index contributed by atoms with van der Waals surface area (Å²) in [5, 5.41) is 4.47. The topological polar surface area (TPSA) is 69.3 Å². The van der Waals surface area contributed by atoms with Gasteiger partial charge in [-0.25, -0.2) is 9.50 Å². The lowest BCUT2D eigenvalue weighted by Crippen LogP contribution is -2.03. The average molecular weight is 228 g/mol. The van der Waals surface area contributed by atoms with Gasteiger partial charge in [-0.3, -0.25) is 0 Å². The van der Waals surface area contributed by atoms with Gasteiger partial charge in [0.1, 0.15) is 11.5 Å². The van der Waals surface area contributed by atoms with Crippen LogP contribution in [0.15, 0.2) is 34.9 Å². The van der Waals surface area contributed by atoms with Crippen molar-refractivity contribution in [2.24, 2.45) is 5.73 Å². The molecule has 0 radical (unpaired) electrons. The van der Waals surface area contributed by atoms with Gasteiger partial charge in [-0.1, -0.05) is 0 Å². The lowest BCUT2D eigenvalue weighted by Gasteiger charge is -2.00. The van der Waals surface area contributed by atoms with Crippen molar-refractivity contribution in [3.8, 4) is 11.5 Å². The Kier molecular flexibility index (Phi) is 2.19. The number of fused-ring (bicyclic) bond motifs is 1. The lowest BCUT2D eigenvalue weighted by molar-refractivity contribution is 0.545. The molecule has 3 rings (SSSR count). The van der Waals surface area contributed by atoms with Crippen LogP contribution in [0.5, 0.6) is 0 Å². The number of furan rings is 1. The molecule has 0 spiro atoms. The molecule has 5 heteroatoms. The first kappa shape index (κ1) is 10.0. The van der Waals surface area contributed by atoms with Crippen molar-refractivity contribution in [2.75, 3.05) is 0 Å². The van der Waals surface area contributed by atoms with E-state index in [9.17, 15) is 0 Å². The van der Waals surface area contributed by atoms with Crippen LogP contribution in [0, 0.1) is 6.92 Å². The van der Waals surface area contributed by atoms with Crippen molar-refractivity contribution >= 4 is 5.65 Å². The molecular weight excluding hydrogens is 216 g/mol. The third-order valence-electron chi connectivity index (χ3n) is 2.63. The Balaban J connectivity index is 2.18. The quantitative estimate of drug-likeness (QED) is 0.725. The van der Waals surface area contributed by atoms with Crippen LogP contribution < -0.4 is 5.73 Å². The van der Waals surface area contributed by atoms with E-state index in [2.05, 4.69) is 10.1 Å². The highest BCUT2D eigenvalue weighted by Crippen LogP contribution is 2.20. The SMILES string of the molecule is Cc1ccc(-c2ccc3ncc(CN)n3n2)o1. The minimum Gasteiger partial charge on any atom is -0.460 e. The van der Waals surface area contributed by atoms with Gasteiger partial charge < -0.3 is 10.2 Å². The highest BCUT2D eigenvalue weighted by Gasteiger charge is 2.08. The molecule has 5 nitrogen and oxygen atoms in total. The molecule has 2 N–H and O–H groups in total. The molecule has 0 aliphatic heterocycles. The van der Waals surface area contributed by atoms with Gasteiger partial charge in [-0.2, -0.15) is 5.10 Å². The molecule has 3 aromatic rings. The first-order chi connectivity index (χ1) is 8.28. The van der Waals surface area contributed by atoms with Crippen molar-refractivity contribution in [1.82, 2.24) is 14.6 Å². The van der Waals surface area contributed by atoms with Crippen LogP contribution in [-0.4, -0.2) is 14.6 Å². The van der Waals surface area contributed by atoms with Crippen LogP contribution >= 0.6 is 0 Å². The van der Waals surface area contributed by atoms with E-state index < -0.39 is 0 Å². The number of hydrogen-bond acceptors (Lipinski definition) is 4. The molecular formula is C12H12N4O. The van der Waals surface area contributed by atoms with Crippen LogP contribution in [-0.2, 0) is 6.54 Å². The van der Waals surface area contributed by atoms with Crippen molar-refractivity contribution in [3.63, 3.8) is 0 Å². The highest BCUT2D eigenvalue weighted by atomic mass is 16.3. The van der Waals surface area contributed by atoms with E-state index in [-0.39, 0.29) is 0 Å². The summed E-state index contributed by atoms with van der Waals surface area (Å²) in [5.74, 6) is 1.62. The fourth-order valence-electron chi connectivity index (χ4n) is 1.76. The predicted octanol–water partition coefficient (Wildman–Crippen LogP) is 1.76. The first-order valence-corrected chi connectivity index (χ1v) is 5.38. The minimum atomic E-state index is 0.412. The molecule has 0 atom stereocenters. The van der Waals surface area contributed by atoms with Crippen molar-refractivity contribution in [3.05, 3.63) is 41.9 Å². The maximum Gasteiger partial charge on any atom is 0.154 e. The molecule has 3 heterocycles. The van der Waals surface area contributed by atoms with Crippen molar-refractivity contribution < 1.29 is 4.42 Å². The van der Waals surface area contributed by atoms with Crippen molar-refractivity contribution in [2.45, 2.75) is 13.5 Å². The second-order valence-corrected chi connectivity index (χ2v) is 3.85. The normalized spacial score (nSPS) is 11.2. The number of imidazole rings is 1. The van der Waals surface area contributed by atoms with E-state index in [1.165, 1.54) is 0 Å². The van der Waals surface area contributed by atoms with Gasteiger partial charge in [0.25, 0.3) is 0 Å². The molecule has 0 unspecified atom stereocenters. The number of hydrogen-bond donors (Lipinski definition) is 1. The van der Waals surface area contributed by atoms with Crippen LogP contribution in [0.1, 0.15) is 11.5 Å². The number of aryl methyl sites for hydroxylation is 1. The second kappa shape index (κ2) is 3.71. The standard InChI is InChI=1S/C12H12N4O/c1-8-2-4-11(17-8)10-3-5-12-14-7-9(6-13)16(12)15-10/h2-5,7H,6,13H2,1H3. The van der Waals surface area contributed by atoms with Gasteiger partial charge in [0.2, 0.25) is 0 Å². The highest BCUT2D eigenvalue weighted by molar-refractivity contribution is 5.54. The minimum absolute atomic E-state index is 0.412. The molecule has 0 saturated carbocycles. The predicted molar refractivity (Wildman–Crippen MR) is 63.3 cm³/mol. The lowest BCUT2D eigenvalue weighted by atomic mass is 10.3. The third-order valence-corrected chi connectivity index (χ3v) is 2.63. The fraction of sp³-hybridized carbons (Fsp3) is 0.167. The molecule has 17 heavy (non-hydrogen) atoms. The molecule has 0 aliphatic carbocycles. The monoisotopic (exact) mass is 228 g/mol. The molecule has 0 aromatic carbocycles. The van der Waals surface area contributed by atoms with E-state index in [0.29, 0.717) is 6.54 Å². The van der Waals surface area contributed by atoms with Gasteiger partial charge in [-0.05, 0) is 31.2 Å². The summed E-state index contributed by atoms with van der Waals surface area (Å²) in [6, 6.07) is 7.61. The Morgan fingerprint density at radius 3 is 2.88 bits per heavy atom. The van der Waals surface area contributed by atoms with Crippen LogP contribution in [0.4, 0.5) is 0 Å². The molecule has 3 aromatic heterocycles. The number of nitrogens with zero attached hydrogens (tertiary/aromatic N) is 3. The summed E-state index contributed by atoms with van der Waals surface area (Å²) in [6.45, 7) is 2.32. The largest absolute Gasteiger partial charge is 0.460 e. The molecule has 0 fully saturated rings. The Hall–Kier alpha value is -2.14. The fourth-order valence-corrected chi connectivity index (χ4v) is 1.76. The van der Waals surface area contributed by atoms with Crippen molar-refractivity contribution in [1.29, 1.82) is 0 Å². The summed E-state index contributed by atoms with van der Waals surface area (Å²) >= 11 is 0. The Bertz CT molecular complexity index is 668. The molecule has 86 valence electrons. The van der Waals surface area contributed by atoms with Crippen LogP contribution in [0.2, 0.25) is 0 Å². The summed E-state index contributed by atoms with van der Waals surface area (Å²) in [4.78, 5) is 4.22. The maximum absolute atomic E-state index is 5.63. The number of nitrogens with two attached hydrogens (primary N) is 1. The number of rotatable bonds is 2. The summed E-state index contributed by atoms with van der Waals surface area (Å²) in [6.07, 6.45) is 1.74. The van der Waals surface area contributed by atoms with Gasteiger partial charge >= 0.3 is 0 Å². The smallest absolute Gasteiger partial charge is 0.154 e. The van der Waals surface area contributed by atoms with E-state index in [0.717, 1.165) is 28.6 Å². The average Bonchev–Trinajstić information content (AvgIpc) is 2.94. The van der Waals surface area contributed by atoms with E-state index in [1.54, 1.807) is 10.7 Å². The maximum atomic E-state index is 5.63. The van der Waals surface area contributed by atoms with Gasteiger partial charge in [0.15, 0.2) is 11.4 Å². The molecule has 0 aliphatic rings. The van der Waals surface area contributed by atoms with Gasteiger partial charge in [-0.15, -0.1) is 0 Å². The molecule has 0 saturated heterocycles. The summed E-state index contributed by atoms with van der Waals surface area (Å²) in [5.41, 5.74) is 8.07. The Morgan fingerprint density at radius 2 is 2.18 bits per heavy atom. The van der Waals surface area contributed by atoms with Crippen LogP contribution in [0.25, 0.3) is 17.1 Å². The third kappa shape index (κ3) is 1.60. The zero-order valence-electron chi connectivity index (χ0n) is 9.42. The Labute approximate surface area is 97.9 Å². The van der Waals surface area contributed by atoms with E-state index in [1.807, 2.05) is 31.2 Å². The van der Waals surface area contributed by atoms with Crippen LogP contribution in [0.3, 0.4) is 0 Å². The van der Waals surface area contributed by atoms with Gasteiger partial charge in [0, 0.05) is 6.54 Å². The number of aromatic nitrogens is 3. The summed E-state index contributed by atoms with van der Waals surface area (Å²) < 4.78 is 7.28. The zero-order valence-corrected chi connectivity index (χ0v) is 9.42. The summed E-state index contributed by atoms with van der Waals surface area (Å²) in [7, 11) is 0.